The first-order chi connectivity index (χ1) is 15.7. The van der Waals surface area contributed by atoms with Gasteiger partial charge in [-0.25, -0.2) is 9.78 Å². The summed E-state index contributed by atoms with van der Waals surface area (Å²) < 4.78 is 38.8. The maximum atomic E-state index is 12.5. The SMILES string of the molecule is Cn1c(-c2ccccc2)cnc1NC(=O)c1cc(-c2ccccc2)on1.O=C(O)C(F)(F)F. The summed E-state index contributed by atoms with van der Waals surface area (Å²) >= 11 is 0. The number of imidazole rings is 1. The van der Waals surface area contributed by atoms with Crippen molar-refractivity contribution in [3.8, 4) is 22.6 Å². The van der Waals surface area contributed by atoms with Crippen molar-refractivity contribution in [3.05, 3.63) is 78.6 Å². The molecule has 4 aromatic rings. The fourth-order valence-electron chi connectivity index (χ4n) is 2.69. The molecule has 4 rings (SSSR count). The molecule has 2 aromatic carbocycles. The number of benzene rings is 2. The van der Waals surface area contributed by atoms with Gasteiger partial charge < -0.3 is 14.2 Å². The van der Waals surface area contributed by atoms with Crippen LogP contribution >= 0.6 is 0 Å². The summed E-state index contributed by atoms with van der Waals surface area (Å²) in [6, 6.07) is 21.0. The number of hydrogen-bond donors (Lipinski definition) is 2. The lowest BCUT2D eigenvalue weighted by atomic mass is 10.1. The Morgan fingerprint density at radius 2 is 1.55 bits per heavy atom. The zero-order valence-corrected chi connectivity index (χ0v) is 17.1. The number of amides is 1. The van der Waals surface area contributed by atoms with Crippen LogP contribution in [0.15, 0.2) is 77.4 Å². The van der Waals surface area contributed by atoms with Gasteiger partial charge in [-0.2, -0.15) is 13.2 Å². The summed E-state index contributed by atoms with van der Waals surface area (Å²) in [5.41, 5.74) is 3.00. The highest BCUT2D eigenvalue weighted by atomic mass is 19.4. The van der Waals surface area contributed by atoms with Crippen LogP contribution < -0.4 is 5.32 Å². The van der Waals surface area contributed by atoms with Crippen LogP contribution in [0.1, 0.15) is 10.5 Å². The zero-order valence-electron chi connectivity index (χ0n) is 17.1. The van der Waals surface area contributed by atoms with Crippen molar-refractivity contribution in [3.63, 3.8) is 0 Å². The van der Waals surface area contributed by atoms with E-state index < -0.39 is 12.1 Å². The molecule has 2 heterocycles. The molecule has 0 bridgehead atoms. The molecule has 0 radical (unpaired) electrons. The fraction of sp³-hybridized carbons (Fsp3) is 0.0909. The van der Waals surface area contributed by atoms with E-state index in [4.69, 9.17) is 14.4 Å². The van der Waals surface area contributed by atoms with Crippen molar-refractivity contribution >= 4 is 17.8 Å². The summed E-state index contributed by atoms with van der Waals surface area (Å²) in [5.74, 6) is -2.14. The minimum Gasteiger partial charge on any atom is -0.475 e. The number of hydrogen-bond acceptors (Lipinski definition) is 5. The smallest absolute Gasteiger partial charge is 0.475 e. The third-order valence-electron chi connectivity index (χ3n) is 4.33. The average Bonchev–Trinajstić information content (AvgIpc) is 3.43. The quantitative estimate of drug-likeness (QED) is 0.462. The third-order valence-corrected chi connectivity index (χ3v) is 4.33. The number of carboxylic acid groups (broad SMARTS) is 1. The third kappa shape index (κ3) is 5.85. The molecule has 0 spiro atoms. The summed E-state index contributed by atoms with van der Waals surface area (Å²) in [5, 5.41) is 13.8. The lowest BCUT2D eigenvalue weighted by Crippen LogP contribution is -2.21. The summed E-state index contributed by atoms with van der Waals surface area (Å²) in [4.78, 5) is 25.7. The van der Waals surface area contributed by atoms with E-state index in [0.717, 1.165) is 16.8 Å². The number of aliphatic carboxylic acids is 1. The number of alkyl halides is 3. The second-order valence-corrected chi connectivity index (χ2v) is 6.59. The van der Waals surface area contributed by atoms with Crippen LogP contribution in [0.3, 0.4) is 0 Å². The molecule has 0 aliphatic carbocycles. The number of anilines is 1. The van der Waals surface area contributed by atoms with Crippen molar-refractivity contribution in [1.29, 1.82) is 0 Å². The molecular formula is C22H17F3N4O4. The average molecular weight is 458 g/mol. The van der Waals surface area contributed by atoms with Crippen molar-refractivity contribution < 1.29 is 32.4 Å². The number of aromatic nitrogens is 3. The van der Waals surface area contributed by atoms with Gasteiger partial charge in [-0.05, 0) is 5.56 Å². The summed E-state index contributed by atoms with van der Waals surface area (Å²) in [6.45, 7) is 0. The van der Waals surface area contributed by atoms with Gasteiger partial charge in [0.15, 0.2) is 11.5 Å². The van der Waals surface area contributed by atoms with E-state index in [-0.39, 0.29) is 11.6 Å². The molecule has 0 unspecified atom stereocenters. The largest absolute Gasteiger partial charge is 0.490 e. The van der Waals surface area contributed by atoms with Crippen LogP contribution in [0.5, 0.6) is 0 Å². The Balaban J connectivity index is 0.000000383. The van der Waals surface area contributed by atoms with E-state index in [1.165, 1.54) is 0 Å². The van der Waals surface area contributed by atoms with Gasteiger partial charge in [0, 0.05) is 18.7 Å². The lowest BCUT2D eigenvalue weighted by Gasteiger charge is -2.06. The van der Waals surface area contributed by atoms with Crippen LogP contribution in [0.4, 0.5) is 19.1 Å². The van der Waals surface area contributed by atoms with Gasteiger partial charge in [0.25, 0.3) is 5.91 Å². The molecule has 8 nitrogen and oxygen atoms in total. The maximum absolute atomic E-state index is 12.5. The number of halogens is 3. The summed E-state index contributed by atoms with van der Waals surface area (Å²) in [6.07, 6.45) is -3.36. The van der Waals surface area contributed by atoms with E-state index in [0.29, 0.717) is 11.7 Å². The molecule has 33 heavy (non-hydrogen) atoms. The number of carbonyl (C=O) groups excluding carboxylic acids is 1. The van der Waals surface area contributed by atoms with Gasteiger partial charge in [0.2, 0.25) is 5.95 Å². The van der Waals surface area contributed by atoms with E-state index in [9.17, 15) is 18.0 Å². The number of carboxylic acids is 1. The first-order valence-electron chi connectivity index (χ1n) is 9.37. The van der Waals surface area contributed by atoms with Crippen molar-refractivity contribution in [2.45, 2.75) is 6.18 Å². The van der Waals surface area contributed by atoms with Gasteiger partial charge in [0.1, 0.15) is 0 Å². The normalized spacial score (nSPS) is 10.8. The Morgan fingerprint density at radius 1 is 1.00 bits per heavy atom. The Labute approximate surface area is 185 Å². The molecular weight excluding hydrogens is 441 g/mol. The van der Waals surface area contributed by atoms with Gasteiger partial charge in [-0.15, -0.1) is 0 Å². The fourth-order valence-corrected chi connectivity index (χ4v) is 2.69. The van der Waals surface area contributed by atoms with E-state index in [1.807, 2.05) is 72.3 Å². The Hall–Kier alpha value is -4.41. The predicted octanol–water partition coefficient (Wildman–Crippen LogP) is 4.63. The Morgan fingerprint density at radius 3 is 2.09 bits per heavy atom. The number of nitrogens with zero attached hydrogens (tertiary/aromatic N) is 3. The summed E-state index contributed by atoms with van der Waals surface area (Å²) in [7, 11) is 1.85. The second kappa shape index (κ2) is 9.81. The van der Waals surface area contributed by atoms with Crippen molar-refractivity contribution in [2.75, 3.05) is 5.32 Å². The topological polar surface area (TPSA) is 110 Å². The Bertz CT molecular complexity index is 1240. The number of carbonyl (C=O) groups is 2. The standard InChI is InChI=1S/C20H16N4O2.C2HF3O2/c1-24-17(14-8-4-2-5-9-14)13-21-20(24)22-19(25)16-12-18(26-23-16)15-10-6-3-7-11-15;3-2(4,5)1(6)7/h2-13H,1H3,(H,21,22,25);(H,6,7). The van der Waals surface area contributed by atoms with E-state index in [1.54, 1.807) is 12.3 Å². The van der Waals surface area contributed by atoms with E-state index >= 15 is 0 Å². The van der Waals surface area contributed by atoms with Crippen LogP contribution in [0, 0.1) is 0 Å². The van der Waals surface area contributed by atoms with Gasteiger partial charge in [-0.3, -0.25) is 10.1 Å². The van der Waals surface area contributed by atoms with Crippen molar-refractivity contribution in [2.24, 2.45) is 7.05 Å². The highest BCUT2D eigenvalue weighted by Gasteiger charge is 2.38. The number of nitrogens with one attached hydrogen (secondary N) is 1. The molecule has 2 N–H and O–H groups in total. The van der Waals surface area contributed by atoms with Gasteiger partial charge >= 0.3 is 12.1 Å². The monoisotopic (exact) mass is 458 g/mol. The minimum absolute atomic E-state index is 0.202. The lowest BCUT2D eigenvalue weighted by molar-refractivity contribution is -0.192. The highest BCUT2D eigenvalue weighted by Crippen LogP contribution is 2.23. The first-order valence-corrected chi connectivity index (χ1v) is 9.37. The maximum Gasteiger partial charge on any atom is 0.490 e. The first kappa shape index (κ1) is 23.3. The molecule has 2 aromatic heterocycles. The molecule has 11 heteroatoms. The molecule has 0 aliphatic heterocycles. The van der Waals surface area contributed by atoms with Gasteiger partial charge in [-0.1, -0.05) is 65.8 Å². The van der Waals surface area contributed by atoms with Crippen molar-refractivity contribution in [1.82, 2.24) is 14.7 Å². The van der Waals surface area contributed by atoms with Crippen LogP contribution in [0.25, 0.3) is 22.6 Å². The minimum atomic E-state index is -5.08. The Kier molecular flexibility index (Phi) is 6.91. The van der Waals surface area contributed by atoms with Crippen LogP contribution in [-0.2, 0) is 11.8 Å². The van der Waals surface area contributed by atoms with E-state index in [2.05, 4.69) is 15.5 Å². The molecule has 1 amide bonds. The number of rotatable bonds is 4. The molecule has 0 atom stereocenters. The predicted molar refractivity (Wildman–Crippen MR) is 112 cm³/mol. The molecule has 0 aliphatic rings. The molecule has 170 valence electrons. The second-order valence-electron chi connectivity index (χ2n) is 6.59. The highest BCUT2D eigenvalue weighted by molar-refractivity contribution is 6.02. The molecule has 0 saturated heterocycles. The zero-order chi connectivity index (χ0) is 24.0. The molecule has 0 fully saturated rings. The van der Waals surface area contributed by atoms with Crippen LogP contribution in [-0.4, -0.2) is 37.9 Å². The molecule has 0 saturated carbocycles. The van der Waals surface area contributed by atoms with Crippen LogP contribution in [0.2, 0.25) is 0 Å². The van der Waals surface area contributed by atoms with Gasteiger partial charge in [0.05, 0.1) is 11.9 Å².